The van der Waals surface area contributed by atoms with E-state index in [4.69, 9.17) is 33.0 Å². The van der Waals surface area contributed by atoms with Crippen LogP contribution in [0.25, 0.3) is 6.08 Å². The number of aryl methyl sites for hydroxylation is 1. The van der Waals surface area contributed by atoms with E-state index in [0.717, 1.165) is 18.4 Å². The number of halogens is 1. The number of hydrogen-bond donors (Lipinski definition) is 1. The van der Waals surface area contributed by atoms with E-state index in [2.05, 4.69) is 5.32 Å². The molecule has 1 N–H and O–H groups in total. The van der Waals surface area contributed by atoms with Crippen LogP contribution in [0.2, 0.25) is 5.02 Å². The van der Waals surface area contributed by atoms with Crippen molar-refractivity contribution in [1.29, 1.82) is 0 Å². The van der Waals surface area contributed by atoms with Crippen LogP contribution in [0.5, 0.6) is 5.75 Å². The molecule has 2 aromatic rings. The standard InChI is InChI=1S/C19H17ClN2O3S/c1-11-3-2-4-15(20)17(11)24-10-14-8-7-13(25-14)9-16-18(23)22(12-5-6-12)19(26)21-16/h2-4,7-9,12H,5-6,10H2,1H3,(H,21,26)/b16-9+. The number of thiocarbonyl (C=S) groups is 1. The molecule has 7 heteroatoms. The van der Waals surface area contributed by atoms with Crippen LogP contribution in [0, 0.1) is 6.92 Å². The molecule has 2 aliphatic rings. The Bertz CT molecular complexity index is 897. The zero-order valence-corrected chi connectivity index (χ0v) is 15.7. The number of amides is 1. The molecule has 1 saturated carbocycles. The molecular weight excluding hydrogens is 372 g/mol. The number of carbonyl (C=O) groups excluding carboxylic acids is 1. The number of furan rings is 1. The summed E-state index contributed by atoms with van der Waals surface area (Å²) in [6, 6.07) is 9.45. The number of para-hydroxylation sites is 1. The van der Waals surface area contributed by atoms with Gasteiger partial charge in [-0.15, -0.1) is 0 Å². The minimum absolute atomic E-state index is 0.0987. The quantitative estimate of drug-likeness (QED) is 0.618. The highest BCUT2D eigenvalue weighted by molar-refractivity contribution is 7.80. The molecule has 1 aliphatic heterocycles. The number of benzene rings is 1. The van der Waals surface area contributed by atoms with Gasteiger partial charge >= 0.3 is 0 Å². The second-order valence-corrected chi connectivity index (χ2v) is 7.17. The Morgan fingerprint density at radius 2 is 2.19 bits per heavy atom. The maximum Gasteiger partial charge on any atom is 0.276 e. The fourth-order valence-corrected chi connectivity index (χ4v) is 3.47. The van der Waals surface area contributed by atoms with Crippen LogP contribution < -0.4 is 10.1 Å². The van der Waals surface area contributed by atoms with E-state index >= 15 is 0 Å². The highest BCUT2D eigenvalue weighted by atomic mass is 35.5. The SMILES string of the molecule is Cc1cccc(Cl)c1OCc1ccc(/C=C2/NC(=S)N(C3CC3)C2=O)o1. The Labute approximate surface area is 161 Å². The summed E-state index contributed by atoms with van der Waals surface area (Å²) in [4.78, 5) is 14.1. The third-order valence-corrected chi connectivity index (χ3v) is 4.91. The normalized spacial score (nSPS) is 18.5. The largest absolute Gasteiger partial charge is 0.484 e. The number of carbonyl (C=O) groups is 1. The molecule has 1 aromatic carbocycles. The van der Waals surface area contributed by atoms with Crippen molar-refractivity contribution < 1.29 is 13.9 Å². The van der Waals surface area contributed by atoms with E-state index in [1.165, 1.54) is 0 Å². The molecule has 134 valence electrons. The minimum atomic E-state index is -0.0987. The molecular formula is C19H17ClN2O3S. The van der Waals surface area contributed by atoms with E-state index in [1.807, 2.05) is 25.1 Å². The molecule has 5 nitrogen and oxygen atoms in total. The molecule has 0 radical (unpaired) electrons. The first-order chi connectivity index (χ1) is 12.5. The van der Waals surface area contributed by atoms with Crippen LogP contribution in [-0.4, -0.2) is 22.0 Å². The fourth-order valence-electron chi connectivity index (χ4n) is 2.85. The average molecular weight is 389 g/mol. The first-order valence-corrected chi connectivity index (χ1v) is 9.14. The third-order valence-electron chi connectivity index (χ3n) is 4.31. The number of ether oxygens (including phenoxy) is 1. The average Bonchev–Trinajstić information content (AvgIpc) is 3.26. The zero-order valence-electron chi connectivity index (χ0n) is 14.1. The highest BCUT2D eigenvalue weighted by Gasteiger charge is 2.41. The molecule has 2 heterocycles. The summed E-state index contributed by atoms with van der Waals surface area (Å²) >= 11 is 11.4. The summed E-state index contributed by atoms with van der Waals surface area (Å²) < 4.78 is 11.5. The van der Waals surface area contributed by atoms with Gasteiger partial charge in [-0.25, -0.2) is 0 Å². The molecule has 0 spiro atoms. The molecule has 1 aromatic heterocycles. The molecule has 0 atom stereocenters. The highest BCUT2D eigenvalue weighted by Crippen LogP contribution is 2.31. The van der Waals surface area contributed by atoms with Crippen LogP contribution in [0.4, 0.5) is 0 Å². The first-order valence-electron chi connectivity index (χ1n) is 8.36. The van der Waals surface area contributed by atoms with Crippen molar-refractivity contribution in [3.05, 3.63) is 58.1 Å². The van der Waals surface area contributed by atoms with Crippen LogP contribution in [0.3, 0.4) is 0 Å². The summed E-state index contributed by atoms with van der Waals surface area (Å²) in [5, 5.41) is 3.99. The van der Waals surface area contributed by atoms with Crippen molar-refractivity contribution in [1.82, 2.24) is 10.2 Å². The van der Waals surface area contributed by atoms with Gasteiger partial charge in [-0.05, 0) is 55.7 Å². The van der Waals surface area contributed by atoms with Gasteiger partial charge in [0.2, 0.25) is 0 Å². The van der Waals surface area contributed by atoms with Crippen LogP contribution in [0.15, 0.2) is 40.4 Å². The molecule has 2 fully saturated rings. The van der Waals surface area contributed by atoms with E-state index in [1.54, 1.807) is 23.1 Å². The second-order valence-electron chi connectivity index (χ2n) is 6.37. The van der Waals surface area contributed by atoms with E-state index in [0.29, 0.717) is 33.1 Å². The van der Waals surface area contributed by atoms with Gasteiger partial charge in [0.15, 0.2) is 5.11 Å². The molecule has 0 bridgehead atoms. The monoisotopic (exact) mass is 388 g/mol. The van der Waals surface area contributed by atoms with Crippen LogP contribution in [0.1, 0.15) is 29.9 Å². The second kappa shape index (κ2) is 6.78. The summed E-state index contributed by atoms with van der Waals surface area (Å²) in [6.07, 6.45) is 3.68. The van der Waals surface area contributed by atoms with Gasteiger partial charge < -0.3 is 14.5 Å². The third kappa shape index (κ3) is 3.34. The summed E-state index contributed by atoms with van der Waals surface area (Å²) in [5.74, 6) is 1.75. The van der Waals surface area contributed by atoms with Gasteiger partial charge in [-0.1, -0.05) is 23.7 Å². The van der Waals surface area contributed by atoms with E-state index < -0.39 is 0 Å². The van der Waals surface area contributed by atoms with Crippen molar-refractivity contribution in [3.8, 4) is 5.75 Å². The van der Waals surface area contributed by atoms with Crippen molar-refractivity contribution in [3.63, 3.8) is 0 Å². The van der Waals surface area contributed by atoms with Crippen LogP contribution >= 0.6 is 23.8 Å². The molecule has 1 amide bonds. The number of rotatable bonds is 5. The van der Waals surface area contributed by atoms with Crippen LogP contribution in [-0.2, 0) is 11.4 Å². The van der Waals surface area contributed by atoms with E-state index in [9.17, 15) is 4.79 Å². The van der Waals surface area contributed by atoms with Gasteiger partial charge in [0.05, 0.1) is 5.02 Å². The van der Waals surface area contributed by atoms with Gasteiger partial charge in [-0.3, -0.25) is 9.69 Å². The molecule has 1 saturated heterocycles. The minimum Gasteiger partial charge on any atom is -0.484 e. The summed E-state index contributed by atoms with van der Waals surface area (Å²) in [7, 11) is 0. The van der Waals surface area contributed by atoms with Gasteiger partial charge in [0.1, 0.15) is 29.6 Å². The number of nitrogens with one attached hydrogen (secondary N) is 1. The predicted molar refractivity (Wildman–Crippen MR) is 103 cm³/mol. The van der Waals surface area contributed by atoms with Crippen molar-refractivity contribution >= 4 is 40.9 Å². The Kier molecular flexibility index (Phi) is 4.46. The summed E-state index contributed by atoms with van der Waals surface area (Å²) in [5.41, 5.74) is 1.39. The molecule has 4 rings (SSSR count). The summed E-state index contributed by atoms with van der Waals surface area (Å²) in [6.45, 7) is 2.19. The Morgan fingerprint density at radius 3 is 2.92 bits per heavy atom. The number of hydrogen-bond acceptors (Lipinski definition) is 4. The smallest absolute Gasteiger partial charge is 0.276 e. The van der Waals surface area contributed by atoms with E-state index in [-0.39, 0.29) is 18.6 Å². The molecule has 26 heavy (non-hydrogen) atoms. The maximum atomic E-state index is 12.4. The van der Waals surface area contributed by atoms with Gasteiger partial charge in [-0.2, -0.15) is 0 Å². The lowest BCUT2D eigenvalue weighted by molar-refractivity contribution is -0.122. The lowest BCUT2D eigenvalue weighted by Crippen LogP contribution is -2.32. The first kappa shape index (κ1) is 17.1. The molecule has 0 unspecified atom stereocenters. The lowest BCUT2D eigenvalue weighted by atomic mass is 10.2. The topological polar surface area (TPSA) is 54.7 Å². The maximum absolute atomic E-state index is 12.4. The molecule has 1 aliphatic carbocycles. The van der Waals surface area contributed by atoms with Gasteiger partial charge in [0, 0.05) is 12.1 Å². The number of nitrogens with zero attached hydrogens (tertiary/aromatic N) is 1. The fraction of sp³-hybridized carbons (Fsp3) is 0.263. The Morgan fingerprint density at radius 1 is 1.38 bits per heavy atom. The Balaban J connectivity index is 1.45. The van der Waals surface area contributed by atoms with Crippen molar-refractivity contribution in [2.75, 3.05) is 0 Å². The lowest BCUT2D eigenvalue weighted by Gasteiger charge is -2.11. The van der Waals surface area contributed by atoms with Crippen molar-refractivity contribution in [2.45, 2.75) is 32.4 Å². The Hall–Kier alpha value is -2.31. The zero-order chi connectivity index (χ0) is 18.3. The van der Waals surface area contributed by atoms with Crippen molar-refractivity contribution in [2.24, 2.45) is 0 Å². The van der Waals surface area contributed by atoms with Gasteiger partial charge in [0.25, 0.3) is 5.91 Å². The predicted octanol–water partition coefficient (Wildman–Crippen LogP) is 4.04.